The van der Waals surface area contributed by atoms with Crippen LogP contribution in [0.25, 0.3) is 0 Å². The quantitative estimate of drug-likeness (QED) is 0.881. The summed E-state index contributed by atoms with van der Waals surface area (Å²) in [5.74, 6) is -0.485. The molecule has 1 aromatic carbocycles. The molecule has 0 saturated carbocycles. The van der Waals surface area contributed by atoms with Gasteiger partial charge in [-0.3, -0.25) is 0 Å². The molecule has 0 spiro atoms. The van der Waals surface area contributed by atoms with Gasteiger partial charge >= 0.3 is 0 Å². The first-order chi connectivity index (χ1) is 9.85. The van der Waals surface area contributed by atoms with Crippen molar-refractivity contribution in [1.29, 1.82) is 0 Å². The van der Waals surface area contributed by atoms with E-state index in [4.69, 9.17) is 21.8 Å². The summed E-state index contributed by atoms with van der Waals surface area (Å²) in [4.78, 5) is -0.533. The van der Waals surface area contributed by atoms with Crippen LogP contribution in [0.1, 0.15) is 24.3 Å². The molecule has 8 heteroatoms. The highest BCUT2D eigenvalue weighted by atomic mass is 35.5. The van der Waals surface area contributed by atoms with E-state index in [-0.39, 0.29) is 17.1 Å². The Balaban J connectivity index is 2.38. The van der Waals surface area contributed by atoms with Crippen LogP contribution >= 0.6 is 11.6 Å². The summed E-state index contributed by atoms with van der Waals surface area (Å²) in [6.45, 7) is 1.44. The second kappa shape index (κ2) is 6.15. The fourth-order valence-corrected chi connectivity index (χ4v) is 3.52. The first-order valence-electron chi connectivity index (χ1n) is 6.09. The summed E-state index contributed by atoms with van der Waals surface area (Å²) in [7, 11) is -4.10. The molecule has 0 aliphatic rings. The molecular formula is C13H14ClFN2O3S. The van der Waals surface area contributed by atoms with Crippen molar-refractivity contribution in [3.63, 3.8) is 0 Å². The van der Waals surface area contributed by atoms with Crippen LogP contribution in [0, 0.1) is 5.82 Å². The van der Waals surface area contributed by atoms with Crippen molar-refractivity contribution in [3.05, 3.63) is 52.7 Å². The molecule has 21 heavy (non-hydrogen) atoms. The summed E-state index contributed by atoms with van der Waals surface area (Å²) in [6.07, 6.45) is 1.42. The molecule has 0 radical (unpaired) electrons. The number of sulfonamides is 1. The minimum Gasteiger partial charge on any atom is -0.468 e. The Labute approximate surface area is 126 Å². The van der Waals surface area contributed by atoms with E-state index in [1.165, 1.54) is 12.3 Å². The molecule has 2 aromatic rings. The maximum absolute atomic E-state index is 14.2. The second-order valence-corrected chi connectivity index (χ2v) is 6.56. The highest BCUT2D eigenvalue weighted by molar-refractivity contribution is 7.89. The van der Waals surface area contributed by atoms with E-state index in [0.717, 1.165) is 6.07 Å². The van der Waals surface area contributed by atoms with Gasteiger partial charge in [-0.15, -0.1) is 0 Å². The lowest BCUT2D eigenvalue weighted by Gasteiger charge is -2.14. The molecule has 1 atom stereocenters. The third-order valence-corrected chi connectivity index (χ3v) is 4.65. The topological polar surface area (TPSA) is 85.3 Å². The highest BCUT2D eigenvalue weighted by Crippen LogP contribution is 2.25. The number of halogens is 2. The highest BCUT2D eigenvalue weighted by Gasteiger charge is 2.25. The second-order valence-electron chi connectivity index (χ2n) is 4.44. The number of nitrogens with one attached hydrogen (secondary N) is 1. The zero-order valence-corrected chi connectivity index (χ0v) is 12.7. The van der Waals surface area contributed by atoms with Gasteiger partial charge in [0, 0.05) is 17.1 Å². The molecule has 1 aromatic heterocycles. The Morgan fingerprint density at radius 3 is 2.76 bits per heavy atom. The van der Waals surface area contributed by atoms with Crippen molar-refractivity contribution >= 4 is 21.6 Å². The first kappa shape index (κ1) is 16.0. The minimum atomic E-state index is -4.10. The van der Waals surface area contributed by atoms with Crippen molar-refractivity contribution in [1.82, 2.24) is 4.72 Å². The van der Waals surface area contributed by atoms with Crippen LogP contribution in [0.3, 0.4) is 0 Å². The maximum Gasteiger partial charge on any atom is 0.244 e. The predicted octanol–water partition coefficient (Wildman–Crippen LogP) is 2.57. The fraction of sp³-hybridized carbons (Fsp3) is 0.231. The lowest BCUT2D eigenvalue weighted by Crippen LogP contribution is -2.28. The van der Waals surface area contributed by atoms with Crippen LogP contribution in [-0.4, -0.2) is 8.42 Å². The molecule has 0 saturated heterocycles. The average molecular weight is 333 g/mol. The number of rotatable bonds is 5. The number of nitrogens with two attached hydrogens (primary N) is 1. The molecule has 0 bridgehead atoms. The van der Waals surface area contributed by atoms with Gasteiger partial charge in [0.05, 0.1) is 12.3 Å². The molecule has 0 aliphatic heterocycles. The van der Waals surface area contributed by atoms with Gasteiger partial charge in [0.2, 0.25) is 10.0 Å². The summed E-state index contributed by atoms with van der Waals surface area (Å²) >= 11 is 5.81. The summed E-state index contributed by atoms with van der Waals surface area (Å²) in [5.41, 5.74) is 5.42. The van der Waals surface area contributed by atoms with E-state index >= 15 is 0 Å². The van der Waals surface area contributed by atoms with Crippen LogP contribution in [0.4, 0.5) is 4.39 Å². The van der Waals surface area contributed by atoms with E-state index < -0.39 is 26.8 Å². The fourth-order valence-electron chi connectivity index (χ4n) is 1.85. The Hall–Kier alpha value is -1.41. The van der Waals surface area contributed by atoms with Gasteiger partial charge in [0.15, 0.2) is 0 Å². The van der Waals surface area contributed by atoms with Gasteiger partial charge in [0.1, 0.15) is 16.5 Å². The Bertz CT molecular complexity index is 732. The monoisotopic (exact) mass is 332 g/mol. The van der Waals surface area contributed by atoms with Crippen LogP contribution in [0.2, 0.25) is 5.02 Å². The third-order valence-electron chi connectivity index (χ3n) is 2.89. The number of hydrogen-bond acceptors (Lipinski definition) is 4. The SMILES string of the molecule is CC(NS(=O)(=O)c1cc(Cl)cc(CN)c1F)c1ccco1. The largest absolute Gasteiger partial charge is 0.468 e. The van der Waals surface area contributed by atoms with Crippen molar-refractivity contribution in [2.24, 2.45) is 5.73 Å². The van der Waals surface area contributed by atoms with Crippen LogP contribution in [0.15, 0.2) is 39.8 Å². The van der Waals surface area contributed by atoms with Gasteiger partial charge in [-0.25, -0.2) is 17.5 Å². The molecule has 114 valence electrons. The van der Waals surface area contributed by atoms with E-state index in [9.17, 15) is 12.8 Å². The van der Waals surface area contributed by atoms with Crippen LogP contribution in [-0.2, 0) is 16.6 Å². The van der Waals surface area contributed by atoms with E-state index in [1.807, 2.05) is 0 Å². The number of benzene rings is 1. The molecule has 0 aliphatic carbocycles. The Morgan fingerprint density at radius 2 is 2.19 bits per heavy atom. The predicted molar refractivity (Wildman–Crippen MR) is 76.7 cm³/mol. The lowest BCUT2D eigenvalue weighted by molar-refractivity contribution is 0.458. The molecule has 5 nitrogen and oxygen atoms in total. The van der Waals surface area contributed by atoms with Gasteiger partial charge in [-0.1, -0.05) is 11.6 Å². The van der Waals surface area contributed by atoms with Gasteiger partial charge in [-0.05, 0) is 31.2 Å². The van der Waals surface area contributed by atoms with Gasteiger partial charge in [-0.2, -0.15) is 0 Å². The lowest BCUT2D eigenvalue weighted by atomic mass is 10.2. The Morgan fingerprint density at radius 1 is 1.48 bits per heavy atom. The maximum atomic E-state index is 14.2. The van der Waals surface area contributed by atoms with E-state index in [2.05, 4.69) is 4.72 Å². The summed E-state index contributed by atoms with van der Waals surface area (Å²) in [6, 6.07) is 4.95. The zero-order chi connectivity index (χ0) is 15.6. The van der Waals surface area contributed by atoms with Crippen LogP contribution < -0.4 is 10.5 Å². The van der Waals surface area contributed by atoms with Crippen molar-refractivity contribution in [2.45, 2.75) is 24.4 Å². The van der Waals surface area contributed by atoms with Crippen molar-refractivity contribution < 1.29 is 17.2 Å². The van der Waals surface area contributed by atoms with Gasteiger partial charge < -0.3 is 10.2 Å². The van der Waals surface area contributed by atoms with Crippen LogP contribution in [0.5, 0.6) is 0 Å². The molecule has 1 heterocycles. The molecule has 0 fully saturated rings. The third kappa shape index (κ3) is 3.44. The zero-order valence-electron chi connectivity index (χ0n) is 11.1. The number of furan rings is 1. The van der Waals surface area contributed by atoms with Crippen molar-refractivity contribution in [3.8, 4) is 0 Å². The first-order valence-corrected chi connectivity index (χ1v) is 7.95. The molecule has 0 amide bonds. The van der Waals surface area contributed by atoms with E-state index in [0.29, 0.717) is 5.76 Å². The molecule has 3 N–H and O–H groups in total. The average Bonchev–Trinajstić information content (AvgIpc) is 2.94. The smallest absolute Gasteiger partial charge is 0.244 e. The number of hydrogen-bond donors (Lipinski definition) is 2. The molecule has 1 unspecified atom stereocenters. The molecular weight excluding hydrogens is 319 g/mol. The molecule has 2 rings (SSSR count). The normalized spacial score (nSPS) is 13.3. The standard InChI is InChI=1S/C13H14ClFN2O3S/c1-8(11-3-2-4-20-11)17-21(18,19)12-6-10(14)5-9(7-16)13(12)15/h2-6,8,17H,7,16H2,1H3. The van der Waals surface area contributed by atoms with E-state index in [1.54, 1.807) is 19.1 Å². The Kier molecular flexibility index (Phi) is 4.67. The minimum absolute atomic E-state index is 0.0357. The summed E-state index contributed by atoms with van der Waals surface area (Å²) < 4.78 is 46.2. The summed E-state index contributed by atoms with van der Waals surface area (Å²) in [5, 5.41) is 0.0999. The van der Waals surface area contributed by atoms with Gasteiger partial charge in [0.25, 0.3) is 0 Å². The van der Waals surface area contributed by atoms with Crippen molar-refractivity contribution in [2.75, 3.05) is 0 Å².